The molecule has 1 heterocycles. The van der Waals surface area contributed by atoms with E-state index in [0.717, 1.165) is 0 Å². The lowest BCUT2D eigenvalue weighted by Crippen LogP contribution is -2.11. The molecule has 1 aromatic heterocycles. The van der Waals surface area contributed by atoms with Crippen LogP contribution in [0.4, 0.5) is 4.39 Å². The number of esters is 1. The molecule has 0 atom stereocenters. The maximum Gasteiger partial charge on any atom is 0.347 e. The van der Waals surface area contributed by atoms with E-state index >= 15 is 0 Å². The minimum atomic E-state index is -0.774. The van der Waals surface area contributed by atoms with Crippen LogP contribution in [-0.2, 0) is 4.74 Å². The molecule has 110 valence electrons. The monoisotopic (exact) mass is 299 g/mol. The van der Waals surface area contributed by atoms with Gasteiger partial charge in [-0.25, -0.2) is 19.0 Å². The van der Waals surface area contributed by atoms with Crippen LogP contribution >= 0.6 is 0 Å². The third kappa shape index (κ3) is 2.24. The number of ether oxygens (including phenoxy) is 1. The standard InChI is InChI=1S/C16H10FNO4/c1-21-15(19)10-6-4-8-12-13(10)16(20)22-14(18-12)9-5-2-3-7-11(9)17/h2-8H,1H3. The van der Waals surface area contributed by atoms with Crippen LogP contribution in [0.3, 0.4) is 0 Å². The maximum atomic E-state index is 13.8. The van der Waals surface area contributed by atoms with Crippen molar-refractivity contribution in [3.8, 4) is 11.5 Å². The molecule has 6 heteroatoms. The normalized spacial score (nSPS) is 10.6. The van der Waals surface area contributed by atoms with Crippen molar-refractivity contribution in [2.45, 2.75) is 0 Å². The van der Waals surface area contributed by atoms with Gasteiger partial charge in [-0.15, -0.1) is 0 Å². The molecule has 5 nitrogen and oxygen atoms in total. The zero-order valence-electron chi connectivity index (χ0n) is 11.5. The van der Waals surface area contributed by atoms with E-state index in [4.69, 9.17) is 4.42 Å². The van der Waals surface area contributed by atoms with Crippen LogP contribution in [0.15, 0.2) is 51.7 Å². The fraction of sp³-hybridized carbons (Fsp3) is 0.0625. The van der Waals surface area contributed by atoms with Gasteiger partial charge in [-0.1, -0.05) is 18.2 Å². The predicted octanol–water partition coefficient (Wildman–Crippen LogP) is 2.78. The predicted molar refractivity (Wildman–Crippen MR) is 77.0 cm³/mol. The summed E-state index contributed by atoms with van der Waals surface area (Å²) in [5, 5.41) is 0.00874. The third-order valence-corrected chi connectivity index (χ3v) is 3.17. The number of benzene rings is 2. The summed E-state index contributed by atoms with van der Waals surface area (Å²) >= 11 is 0. The van der Waals surface area contributed by atoms with E-state index in [9.17, 15) is 14.0 Å². The topological polar surface area (TPSA) is 69.4 Å². The second-order valence-corrected chi connectivity index (χ2v) is 4.48. The Bertz CT molecular complexity index is 933. The van der Waals surface area contributed by atoms with Crippen molar-refractivity contribution < 1.29 is 18.3 Å². The Morgan fingerprint density at radius 3 is 2.68 bits per heavy atom. The number of rotatable bonds is 2. The quantitative estimate of drug-likeness (QED) is 0.680. The summed E-state index contributed by atoms with van der Waals surface area (Å²) < 4.78 is 23.5. The molecule has 0 aliphatic heterocycles. The summed E-state index contributed by atoms with van der Waals surface area (Å²) in [6.07, 6.45) is 0. The molecule has 0 fully saturated rings. The number of hydrogen-bond donors (Lipinski definition) is 0. The molecule has 22 heavy (non-hydrogen) atoms. The zero-order chi connectivity index (χ0) is 15.7. The number of carbonyl (C=O) groups is 1. The Morgan fingerprint density at radius 1 is 1.18 bits per heavy atom. The smallest absolute Gasteiger partial charge is 0.347 e. The minimum absolute atomic E-state index is 0.00874. The molecular weight excluding hydrogens is 289 g/mol. The van der Waals surface area contributed by atoms with Crippen LogP contribution in [0.25, 0.3) is 22.4 Å². The lowest BCUT2D eigenvalue weighted by molar-refractivity contribution is 0.0602. The van der Waals surface area contributed by atoms with Gasteiger partial charge >= 0.3 is 11.6 Å². The minimum Gasteiger partial charge on any atom is -0.465 e. The third-order valence-electron chi connectivity index (χ3n) is 3.17. The molecule has 0 aliphatic carbocycles. The fourth-order valence-corrected chi connectivity index (χ4v) is 2.15. The Labute approximate surface area is 124 Å². The molecule has 0 bridgehead atoms. The van der Waals surface area contributed by atoms with Gasteiger partial charge in [0, 0.05) is 0 Å². The van der Waals surface area contributed by atoms with Gasteiger partial charge in [-0.2, -0.15) is 0 Å². The van der Waals surface area contributed by atoms with Gasteiger partial charge in [0.1, 0.15) is 11.2 Å². The number of halogens is 1. The summed E-state index contributed by atoms with van der Waals surface area (Å²) in [4.78, 5) is 28.0. The van der Waals surface area contributed by atoms with Crippen molar-refractivity contribution in [2.75, 3.05) is 7.11 Å². The van der Waals surface area contributed by atoms with Gasteiger partial charge in [0.2, 0.25) is 5.89 Å². The first-order valence-electron chi connectivity index (χ1n) is 6.39. The molecule has 2 aromatic carbocycles. The van der Waals surface area contributed by atoms with Crippen molar-refractivity contribution in [1.29, 1.82) is 0 Å². The molecule has 0 spiro atoms. The lowest BCUT2D eigenvalue weighted by Gasteiger charge is -2.05. The van der Waals surface area contributed by atoms with Crippen LogP contribution < -0.4 is 5.63 Å². The Morgan fingerprint density at radius 2 is 1.95 bits per heavy atom. The zero-order valence-corrected chi connectivity index (χ0v) is 11.5. The molecule has 3 aromatic rings. The average Bonchev–Trinajstić information content (AvgIpc) is 2.53. The summed E-state index contributed by atoms with van der Waals surface area (Å²) in [6.45, 7) is 0. The highest BCUT2D eigenvalue weighted by atomic mass is 19.1. The summed E-state index contributed by atoms with van der Waals surface area (Å²) in [5.74, 6) is -1.36. The van der Waals surface area contributed by atoms with E-state index in [0.29, 0.717) is 0 Å². The number of methoxy groups -OCH3 is 1. The summed E-state index contributed by atoms with van der Waals surface area (Å²) in [5.41, 5.74) is -0.409. The number of fused-ring (bicyclic) bond motifs is 1. The Kier molecular flexibility index (Phi) is 3.42. The number of hydrogen-bond acceptors (Lipinski definition) is 5. The largest absolute Gasteiger partial charge is 0.465 e. The second kappa shape index (κ2) is 5.40. The molecule has 0 aliphatic rings. The van der Waals surface area contributed by atoms with E-state index < -0.39 is 17.4 Å². The van der Waals surface area contributed by atoms with Crippen LogP contribution in [0.5, 0.6) is 0 Å². The van der Waals surface area contributed by atoms with Gasteiger partial charge in [-0.3, -0.25) is 0 Å². The van der Waals surface area contributed by atoms with Gasteiger partial charge < -0.3 is 9.15 Å². The number of carbonyl (C=O) groups excluding carboxylic acids is 1. The van der Waals surface area contributed by atoms with E-state index in [2.05, 4.69) is 9.72 Å². The Hall–Kier alpha value is -3.02. The molecule has 0 saturated carbocycles. The van der Waals surface area contributed by atoms with Gasteiger partial charge in [0.05, 0.1) is 23.8 Å². The Balaban J connectivity index is 2.30. The highest BCUT2D eigenvalue weighted by Gasteiger charge is 2.17. The highest BCUT2D eigenvalue weighted by molar-refractivity contribution is 6.03. The van der Waals surface area contributed by atoms with Crippen LogP contribution in [-0.4, -0.2) is 18.1 Å². The van der Waals surface area contributed by atoms with Crippen molar-refractivity contribution in [3.05, 3.63) is 64.3 Å². The van der Waals surface area contributed by atoms with E-state index in [1.165, 1.54) is 31.4 Å². The number of aromatic nitrogens is 1. The van der Waals surface area contributed by atoms with Gasteiger partial charge in [0.15, 0.2) is 0 Å². The van der Waals surface area contributed by atoms with E-state index in [-0.39, 0.29) is 27.9 Å². The van der Waals surface area contributed by atoms with Crippen molar-refractivity contribution >= 4 is 16.9 Å². The molecule has 0 N–H and O–H groups in total. The van der Waals surface area contributed by atoms with Crippen molar-refractivity contribution in [2.24, 2.45) is 0 Å². The second-order valence-electron chi connectivity index (χ2n) is 4.48. The van der Waals surface area contributed by atoms with E-state index in [1.54, 1.807) is 18.2 Å². The lowest BCUT2D eigenvalue weighted by atomic mass is 10.1. The van der Waals surface area contributed by atoms with Crippen molar-refractivity contribution in [3.63, 3.8) is 0 Å². The fourth-order valence-electron chi connectivity index (χ4n) is 2.15. The van der Waals surface area contributed by atoms with Gasteiger partial charge in [0.25, 0.3) is 0 Å². The molecule has 3 rings (SSSR count). The number of nitrogens with zero attached hydrogens (tertiary/aromatic N) is 1. The van der Waals surface area contributed by atoms with Gasteiger partial charge in [-0.05, 0) is 24.3 Å². The molecule has 0 radical (unpaired) electrons. The molecule has 0 saturated heterocycles. The SMILES string of the molecule is COC(=O)c1cccc2nc(-c3ccccc3F)oc(=O)c12. The maximum absolute atomic E-state index is 13.8. The molecule has 0 unspecified atom stereocenters. The molecular formula is C16H10FNO4. The van der Waals surface area contributed by atoms with Crippen LogP contribution in [0.1, 0.15) is 10.4 Å². The van der Waals surface area contributed by atoms with Crippen LogP contribution in [0, 0.1) is 5.82 Å². The first-order valence-corrected chi connectivity index (χ1v) is 6.39. The van der Waals surface area contributed by atoms with Crippen molar-refractivity contribution in [1.82, 2.24) is 4.98 Å². The highest BCUT2D eigenvalue weighted by Crippen LogP contribution is 2.22. The first kappa shape index (κ1) is 13.9. The molecule has 0 amide bonds. The summed E-state index contributed by atoms with van der Waals surface area (Å²) in [7, 11) is 1.21. The van der Waals surface area contributed by atoms with E-state index in [1.807, 2.05) is 0 Å². The van der Waals surface area contributed by atoms with Crippen LogP contribution in [0.2, 0.25) is 0 Å². The average molecular weight is 299 g/mol. The summed E-state index contributed by atoms with van der Waals surface area (Å²) in [6, 6.07) is 10.4. The first-order chi connectivity index (χ1) is 10.6.